The first kappa shape index (κ1) is 9.77. The molecule has 0 aliphatic heterocycles. The van der Waals surface area contributed by atoms with Crippen LogP contribution in [0.4, 0.5) is 0 Å². The van der Waals surface area contributed by atoms with Gasteiger partial charge in [-0.25, -0.2) is 0 Å². The number of hydrogen-bond acceptors (Lipinski definition) is 4. The van der Waals surface area contributed by atoms with E-state index in [1.807, 2.05) is 13.8 Å². The fourth-order valence-electron chi connectivity index (χ4n) is 1.53. The largest absolute Gasteiger partial charge is 0.150 e. The van der Waals surface area contributed by atoms with Gasteiger partial charge < -0.3 is 0 Å². The maximum atomic E-state index is 10.5. The Balaban J connectivity index is 3.13. The minimum absolute atomic E-state index is 0.0195. The molecule has 0 N–H and O–H groups in total. The standard InChI is InChI=1S/C9H12N2O2/c1-5-4-8(10-12)6(2)7(3)9(5)11-13/h4,6,8H,1-3H3. The van der Waals surface area contributed by atoms with Crippen LogP contribution in [0.5, 0.6) is 0 Å². The lowest BCUT2D eigenvalue weighted by molar-refractivity contribution is 0.576. The maximum absolute atomic E-state index is 10.5. The third kappa shape index (κ3) is 1.56. The lowest BCUT2D eigenvalue weighted by Gasteiger charge is -2.22. The second-order valence-electron chi connectivity index (χ2n) is 3.36. The van der Waals surface area contributed by atoms with Crippen molar-refractivity contribution >= 4 is 0 Å². The molecular formula is C9H12N2O2. The molecule has 2 atom stereocenters. The molecule has 13 heavy (non-hydrogen) atoms. The van der Waals surface area contributed by atoms with Gasteiger partial charge in [-0.1, -0.05) is 18.2 Å². The van der Waals surface area contributed by atoms with E-state index in [0.717, 1.165) is 11.1 Å². The molecular weight excluding hydrogens is 168 g/mol. The van der Waals surface area contributed by atoms with Crippen molar-refractivity contribution in [2.75, 3.05) is 0 Å². The molecule has 4 heteroatoms. The Kier molecular flexibility index (Phi) is 2.70. The van der Waals surface area contributed by atoms with Crippen LogP contribution < -0.4 is 0 Å². The summed E-state index contributed by atoms with van der Waals surface area (Å²) in [5.74, 6) is -0.0195. The van der Waals surface area contributed by atoms with Crippen LogP contribution in [-0.4, -0.2) is 6.04 Å². The van der Waals surface area contributed by atoms with Crippen LogP contribution in [0.25, 0.3) is 0 Å². The monoisotopic (exact) mass is 180 g/mol. The highest BCUT2D eigenvalue weighted by Gasteiger charge is 2.26. The van der Waals surface area contributed by atoms with E-state index < -0.39 is 0 Å². The molecule has 0 heterocycles. The van der Waals surface area contributed by atoms with Gasteiger partial charge in [-0.3, -0.25) is 0 Å². The Labute approximate surface area is 76.7 Å². The van der Waals surface area contributed by atoms with E-state index >= 15 is 0 Å². The highest BCUT2D eigenvalue weighted by molar-refractivity contribution is 5.39. The van der Waals surface area contributed by atoms with E-state index in [1.54, 1.807) is 13.0 Å². The molecule has 1 aliphatic rings. The van der Waals surface area contributed by atoms with E-state index in [1.165, 1.54) is 0 Å². The predicted molar refractivity (Wildman–Crippen MR) is 51.0 cm³/mol. The first-order chi connectivity index (χ1) is 6.11. The first-order valence-electron chi connectivity index (χ1n) is 4.17. The van der Waals surface area contributed by atoms with Gasteiger partial charge in [0.2, 0.25) is 0 Å². The molecule has 0 fully saturated rings. The van der Waals surface area contributed by atoms with Gasteiger partial charge in [0.1, 0.15) is 11.7 Å². The van der Waals surface area contributed by atoms with Crippen molar-refractivity contribution in [1.82, 2.24) is 0 Å². The van der Waals surface area contributed by atoms with Crippen molar-refractivity contribution in [1.29, 1.82) is 0 Å². The Morgan fingerprint density at radius 2 is 1.92 bits per heavy atom. The minimum atomic E-state index is -0.356. The predicted octanol–water partition coefficient (Wildman–Crippen LogP) is 2.76. The number of nitroso groups, excluding NO2 is 2. The minimum Gasteiger partial charge on any atom is -0.150 e. The van der Waals surface area contributed by atoms with Crippen LogP contribution in [0.15, 0.2) is 33.3 Å². The fraction of sp³-hybridized carbons (Fsp3) is 0.556. The van der Waals surface area contributed by atoms with Crippen molar-refractivity contribution < 1.29 is 0 Å². The topological polar surface area (TPSA) is 58.9 Å². The van der Waals surface area contributed by atoms with Gasteiger partial charge >= 0.3 is 0 Å². The molecule has 0 amide bonds. The zero-order valence-corrected chi connectivity index (χ0v) is 7.94. The molecule has 0 saturated carbocycles. The lowest BCUT2D eigenvalue weighted by atomic mass is 9.85. The van der Waals surface area contributed by atoms with Gasteiger partial charge in [-0.05, 0) is 30.2 Å². The van der Waals surface area contributed by atoms with Crippen LogP contribution >= 0.6 is 0 Å². The van der Waals surface area contributed by atoms with Crippen molar-refractivity contribution in [3.63, 3.8) is 0 Å². The molecule has 70 valence electrons. The lowest BCUT2D eigenvalue weighted by Crippen LogP contribution is -2.19. The van der Waals surface area contributed by atoms with Crippen molar-refractivity contribution in [2.24, 2.45) is 16.3 Å². The molecule has 0 spiro atoms. The Morgan fingerprint density at radius 1 is 1.31 bits per heavy atom. The molecule has 4 nitrogen and oxygen atoms in total. The second-order valence-corrected chi connectivity index (χ2v) is 3.36. The molecule has 2 unspecified atom stereocenters. The molecule has 1 aliphatic carbocycles. The third-order valence-corrected chi connectivity index (χ3v) is 2.58. The summed E-state index contributed by atoms with van der Waals surface area (Å²) in [4.78, 5) is 20.9. The molecule has 0 bridgehead atoms. The SMILES string of the molecule is CC1=CC(N=O)C(C)C(C)=C1N=O. The Morgan fingerprint density at radius 3 is 2.38 bits per heavy atom. The van der Waals surface area contributed by atoms with Crippen LogP contribution in [0.2, 0.25) is 0 Å². The van der Waals surface area contributed by atoms with E-state index in [0.29, 0.717) is 5.70 Å². The summed E-state index contributed by atoms with van der Waals surface area (Å²) >= 11 is 0. The molecule has 0 aromatic heterocycles. The number of allylic oxidation sites excluding steroid dienone is 1. The Hall–Kier alpha value is -1.32. The number of hydrogen-bond donors (Lipinski definition) is 0. The van der Waals surface area contributed by atoms with E-state index in [2.05, 4.69) is 10.4 Å². The van der Waals surface area contributed by atoms with Crippen LogP contribution in [0.3, 0.4) is 0 Å². The molecule has 0 aromatic carbocycles. The van der Waals surface area contributed by atoms with E-state index in [9.17, 15) is 9.81 Å². The third-order valence-electron chi connectivity index (χ3n) is 2.58. The summed E-state index contributed by atoms with van der Waals surface area (Å²) in [6.07, 6.45) is 1.70. The Bertz CT molecular complexity index is 305. The van der Waals surface area contributed by atoms with Crippen molar-refractivity contribution in [3.8, 4) is 0 Å². The smallest absolute Gasteiger partial charge is 0.117 e. The van der Waals surface area contributed by atoms with Gasteiger partial charge in [0.15, 0.2) is 0 Å². The molecule has 0 aromatic rings. The van der Waals surface area contributed by atoms with Crippen LogP contribution in [-0.2, 0) is 0 Å². The van der Waals surface area contributed by atoms with Gasteiger partial charge in [-0.15, -0.1) is 4.91 Å². The highest BCUT2D eigenvalue weighted by Crippen LogP contribution is 2.31. The highest BCUT2D eigenvalue weighted by atomic mass is 16.3. The van der Waals surface area contributed by atoms with Crippen molar-refractivity contribution in [2.45, 2.75) is 26.8 Å². The zero-order chi connectivity index (χ0) is 10.0. The van der Waals surface area contributed by atoms with Gasteiger partial charge in [-0.2, -0.15) is 4.91 Å². The van der Waals surface area contributed by atoms with Crippen LogP contribution in [0, 0.1) is 15.7 Å². The molecule has 1 rings (SSSR count). The summed E-state index contributed by atoms with van der Waals surface area (Å²) < 4.78 is 0. The van der Waals surface area contributed by atoms with Crippen molar-refractivity contribution in [3.05, 3.63) is 32.7 Å². The van der Waals surface area contributed by atoms with E-state index in [-0.39, 0.29) is 12.0 Å². The maximum Gasteiger partial charge on any atom is 0.117 e. The summed E-state index contributed by atoms with van der Waals surface area (Å²) in [6.45, 7) is 5.45. The number of nitrogens with zero attached hydrogens (tertiary/aromatic N) is 2. The average molecular weight is 180 g/mol. The van der Waals surface area contributed by atoms with Gasteiger partial charge in [0.25, 0.3) is 0 Å². The quantitative estimate of drug-likeness (QED) is 0.613. The second kappa shape index (κ2) is 3.60. The summed E-state index contributed by atoms with van der Waals surface area (Å²) in [6, 6.07) is -0.356. The molecule has 0 saturated heterocycles. The average Bonchev–Trinajstić information content (AvgIpc) is 2.12. The molecule has 0 radical (unpaired) electrons. The zero-order valence-electron chi connectivity index (χ0n) is 7.94. The van der Waals surface area contributed by atoms with Gasteiger partial charge in [0, 0.05) is 5.92 Å². The summed E-state index contributed by atoms with van der Waals surface area (Å²) in [5.41, 5.74) is 2.06. The summed E-state index contributed by atoms with van der Waals surface area (Å²) in [7, 11) is 0. The van der Waals surface area contributed by atoms with Gasteiger partial charge in [0.05, 0.1) is 0 Å². The normalized spacial score (nSPS) is 28.4. The number of rotatable bonds is 2. The fourth-order valence-corrected chi connectivity index (χ4v) is 1.53. The summed E-state index contributed by atoms with van der Waals surface area (Å²) in [5, 5.41) is 5.94. The van der Waals surface area contributed by atoms with Crippen LogP contribution in [0.1, 0.15) is 20.8 Å². The first-order valence-corrected chi connectivity index (χ1v) is 4.17. The van der Waals surface area contributed by atoms with E-state index in [4.69, 9.17) is 0 Å².